The largest absolute Gasteiger partial charge is 0.232 e. The van der Waals surface area contributed by atoms with Crippen molar-refractivity contribution in [1.29, 1.82) is 0 Å². The van der Waals surface area contributed by atoms with Crippen LogP contribution in [0.4, 0.5) is 0 Å². The van der Waals surface area contributed by atoms with Crippen LogP contribution in [0.5, 0.6) is 0 Å². The molecular weight excluding hydrogens is 383 g/mol. The summed E-state index contributed by atoms with van der Waals surface area (Å²) in [4.78, 5) is 9.20. The van der Waals surface area contributed by atoms with Crippen LogP contribution in [0.1, 0.15) is 42.1 Å². The van der Waals surface area contributed by atoms with E-state index in [2.05, 4.69) is 74.3 Å². The van der Waals surface area contributed by atoms with Gasteiger partial charge in [0.05, 0.1) is 9.26 Å². The highest BCUT2D eigenvalue weighted by Gasteiger charge is 2.16. The summed E-state index contributed by atoms with van der Waals surface area (Å²) in [6, 6.07) is 4.32. The second kappa shape index (κ2) is 5.98. The number of halogens is 2. The molecule has 0 amide bonds. The summed E-state index contributed by atoms with van der Waals surface area (Å²) in [6.45, 7) is 10.6. The molecule has 1 aromatic heterocycles. The van der Waals surface area contributed by atoms with Crippen LogP contribution in [0.25, 0.3) is 11.4 Å². The van der Waals surface area contributed by atoms with Crippen molar-refractivity contribution in [3.05, 3.63) is 43.2 Å². The molecule has 0 aliphatic heterocycles. The Hall–Kier alpha value is -0.680. The maximum atomic E-state index is 6.28. The van der Waals surface area contributed by atoms with Crippen molar-refractivity contribution in [3.63, 3.8) is 0 Å². The van der Waals surface area contributed by atoms with Crippen LogP contribution in [-0.4, -0.2) is 9.97 Å². The van der Waals surface area contributed by atoms with E-state index < -0.39 is 0 Å². The molecule has 2 nitrogen and oxygen atoms in total. The highest BCUT2D eigenvalue weighted by molar-refractivity contribution is 14.1. The molecule has 0 radical (unpaired) electrons. The predicted molar refractivity (Wildman–Crippen MR) is 93.5 cm³/mol. The fourth-order valence-corrected chi connectivity index (χ4v) is 3.18. The fourth-order valence-electron chi connectivity index (χ4n) is 2.14. The first kappa shape index (κ1) is 15.7. The van der Waals surface area contributed by atoms with E-state index in [1.807, 2.05) is 0 Å². The number of hydrogen-bond donors (Lipinski definition) is 0. The van der Waals surface area contributed by atoms with Gasteiger partial charge in [-0.3, -0.25) is 0 Å². The minimum absolute atomic E-state index is 0.327. The summed E-state index contributed by atoms with van der Waals surface area (Å²) in [7, 11) is 0. The molecule has 2 rings (SSSR count). The molecule has 0 saturated heterocycles. The molecule has 20 heavy (non-hydrogen) atoms. The van der Waals surface area contributed by atoms with E-state index in [1.54, 1.807) is 0 Å². The molecule has 0 aliphatic rings. The Bertz CT molecular complexity index is 666. The van der Waals surface area contributed by atoms with E-state index in [0.717, 1.165) is 20.7 Å². The molecule has 4 heteroatoms. The van der Waals surface area contributed by atoms with E-state index in [0.29, 0.717) is 11.1 Å². The maximum Gasteiger partial charge on any atom is 0.161 e. The lowest BCUT2D eigenvalue weighted by molar-refractivity contribution is 0.808. The van der Waals surface area contributed by atoms with Crippen LogP contribution in [-0.2, 0) is 0 Å². The van der Waals surface area contributed by atoms with Crippen LogP contribution in [0.3, 0.4) is 0 Å². The Kier molecular flexibility index (Phi) is 4.69. The Morgan fingerprint density at radius 3 is 2.20 bits per heavy atom. The molecular formula is C16H18ClIN2. The van der Waals surface area contributed by atoms with Gasteiger partial charge in [-0.15, -0.1) is 0 Å². The molecule has 0 bridgehead atoms. The number of benzene rings is 1. The Morgan fingerprint density at radius 1 is 1.00 bits per heavy atom. The molecule has 0 unspecified atom stereocenters. The minimum Gasteiger partial charge on any atom is -0.232 e. The number of aryl methyl sites for hydroxylation is 3. The van der Waals surface area contributed by atoms with E-state index in [-0.39, 0.29) is 0 Å². The highest BCUT2D eigenvalue weighted by atomic mass is 127. The third-order valence-electron chi connectivity index (χ3n) is 3.46. The summed E-state index contributed by atoms with van der Waals surface area (Å²) >= 11 is 8.50. The molecule has 0 fully saturated rings. The zero-order valence-electron chi connectivity index (χ0n) is 12.4. The van der Waals surface area contributed by atoms with Gasteiger partial charge in [-0.25, -0.2) is 9.97 Å². The van der Waals surface area contributed by atoms with E-state index in [4.69, 9.17) is 16.6 Å². The van der Waals surface area contributed by atoms with Crippen molar-refractivity contribution < 1.29 is 0 Å². The van der Waals surface area contributed by atoms with E-state index >= 15 is 0 Å². The van der Waals surface area contributed by atoms with Crippen molar-refractivity contribution >= 4 is 34.2 Å². The zero-order valence-corrected chi connectivity index (χ0v) is 15.3. The van der Waals surface area contributed by atoms with Gasteiger partial charge in [-0.1, -0.05) is 31.5 Å². The van der Waals surface area contributed by atoms with Gasteiger partial charge in [-0.2, -0.15) is 0 Å². The average Bonchev–Trinajstić information content (AvgIpc) is 2.36. The van der Waals surface area contributed by atoms with Gasteiger partial charge in [-0.05, 0) is 72.0 Å². The number of hydrogen-bond acceptors (Lipinski definition) is 2. The number of rotatable bonds is 2. The first-order valence-corrected chi connectivity index (χ1v) is 8.08. The standard InChI is InChI=1S/C16H18ClIN2/c1-8(2)14-13(18)15(17)20-16(19-14)12-7-10(4)9(3)6-11(12)5/h6-8H,1-5H3. The first-order valence-electron chi connectivity index (χ1n) is 6.62. The summed E-state index contributed by atoms with van der Waals surface area (Å²) in [5, 5.41) is 0.539. The second-order valence-electron chi connectivity index (χ2n) is 5.44. The van der Waals surface area contributed by atoms with Crippen molar-refractivity contribution in [1.82, 2.24) is 9.97 Å². The summed E-state index contributed by atoms with van der Waals surface area (Å²) < 4.78 is 0.949. The van der Waals surface area contributed by atoms with E-state index in [1.165, 1.54) is 16.7 Å². The SMILES string of the molecule is Cc1cc(C)c(-c2nc(Cl)c(I)c(C(C)C)n2)cc1C. The lowest BCUT2D eigenvalue weighted by atomic mass is 10.00. The maximum absolute atomic E-state index is 6.28. The monoisotopic (exact) mass is 400 g/mol. The Labute approximate surface area is 139 Å². The molecule has 1 heterocycles. The predicted octanol–water partition coefficient (Wildman–Crippen LogP) is 5.45. The smallest absolute Gasteiger partial charge is 0.161 e. The van der Waals surface area contributed by atoms with Gasteiger partial charge >= 0.3 is 0 Å². The summed E-state index contributed by atoms with van der Waals surface area (Å²) in [5.74, 6) is 1.05. The van der Waals surface area contributed by atoms with Crippen molar-refractivity contribution in [2.45, 2.75) is 40.5 Å². The van der Waals surface area contributed by atoms with Crippen LogP contribution in [0.15, 0.2) is 12.1 Å². The van der Waals surface area contributed by atoms with Gasteiger partial charge in [0.15, 0.2) is 5.82 Å². The fraction of sp³-hybridized carbons (Fsp3) is 0.375. The third kappa shape index (κ3) is 2.98. The van der Waals surface area contributed by atoms with Crippen molar-refractivity contribution in [2.75, 3.05) is 0 Å². The molecule has 0 aliphatic carbocycles. The van der Waals surface area contributed by atoms with Crippen molar-refractivity contribution in [3.8, 4) is 11.4 Å². The van der Waals surface area contributed by atoms with Gasteiger partial charge < -0.3 is 0 Å². The lowest BCUT2D eigenvalue weighted by Gasteiger charge is -2.13. The van der Waals surface area contributed by atoms with Crippen molar-refractivity contribution in [2.24, 2.45) is 0 Å². The van der Waals surface area contributed by atoms with E-state index in [9.17, 15) is 0 Å². The van der Waals surface area contributed by atoms with Crippen LogP contribution in [0, 0.1) is 24.3 Å². The normalized spacial score (nSPS) is 11.2. The molecule has 0 atom stereocenters. The van der Waals surface area contributed by atoms with Gasteiger partial charge in [0.2, 0.25) is 0 Å². The zero-order chi connectivity index (χ0) is 15.0. The Balaban J connectivity index is 2.67. The summed E-state index contributed by atoms with van der Waals surface area (Å²) in [5.41, 5.74) is 5.79. The van der Waals surface area contributed by atoms with Crippen LogP contribution < -0.4 is 0 Å². The van der Waals surface area contributed by atoms with Gasteiger partial charge in [0.25, 0.3) is 0 Å². The third-order valence-corrected chi connectivity index (χ3v) is 5.12. The average molecular weight is 401 g/mol. The molecule has 1 aromatic carbocycles. The topological polar surface area (TPSA) is 25.8 Å². The molecule has 0 N–H and O–H groups in total. The number of nitrogens with zero attached hydrogens (tertiary/aromatic N) is 2. The molecule has 0 spiro atoms. The van der Waals surface area contributed by atoms with Crippen LogP contribution >= 0.6 is 34.2 Å². The first-order chi connectivity index (χ1) is 9.31. The Morgan fingerprint density at radius 2 is 1.60 bits per heavy atom. The second-order valence-corrected chi connectivity index (χ2v) is 6.88. The lowest BCUT2D eigenvalue weighted by Crippen LogP contribution is -2.03. The molecule has 2 aromatic rings. The summed E-state index contributed by atoms with van der Waals surface area (Å²) in [6.07, 6.45) is 0. The van der Waals surface area contributed by atoms with Gasteiger partial charge in [0.1, 0.15) is 5.15 Å². The van der Waals surface area contributed by atoms with Crippen LogP contribution in [0.2, 0.25) is 5.15 Å². The van der Waals surface area contributed by atoms with Gasteiger partial charge in [0, 0.05) is 5.56 Å². The quantitative estimate of drug-likeness (QED) is 0.495. The number of aromatic nitrogens is 2. The minimum atomic E-state index is 0.327. The molecule has 0 saturated carbocycles. The highest BCUT2D eigenvalue weighted by Crippen LogP contribution is 2.30. The molecule has 106 valence electrons.